The van der Waals surface area contributed by atoms with Gasteiger partial charge in [0.1, 0.15) is 5.75 Å². The third-order valence-corrected chi connectivity index (χ3v) is 4.54. The molecular weight excluding hydrogens is 332 g/mol. The lowest BCUT2D eigenvalue weighted by Crippen LogP contribution is -2.42. The van der Waals surface area contributed by atoms with Crippen LogP contribution in [0, 0.1) is 0 Å². The van der Waals surface area contributed by atoms with E-state index >= 15 is 0 Å². The van der Waals surface area contributed by atoms with Crippen LogP contribution in [0.4, 0.5) is 0 Å². The van der Waals surface area contributed by atoms with E-state index in [2.05, 4.69) is 5.32 Å². The molecule has 6 nitrogen and oxygen atoms in total. The van der Waals surface area contributed by atoms with Gasteiger partial charge in [-0.05, 0) is 49.4 Å². The summed E-state index contributed by atoms with van der Waals surface area (Å²) in [5, 5.41) is 2.98. The minimum atomic E-state index is -0.251. The van der Waals surface area contributed by atoms with Gasteiger partial charge in [-0.2, -0.15) is 0 Å². The molecule has 0 spiro atoms. The second-order valence-electron chi connectivity index (χ2n) is 6.34. The first-order valence-electron chi connectivity index (χ1n) is 8.56. The first-order valence-corrected chi connectivity index (χ1v) is 8.56. The minimum Gasteiger partial charge on any atom is -0.497 e. The van der Waals surface area contributed by atoms with Crippen molar-refractivity contribution in [1.82, 2.24) is 10.2 Å². The third kappa shape index (κ3) is 4.26. The lowest BCUT2D eigenvalue weighted by Gasteiger charge is -2.24. The predicted molar refractivity (Wildman–Crippen MR) is 98.3 cm³/mol. The fraction of sp³-hybridized carbons (Fsp3) is 0.350. The van der Waals surface area contributed by atoms with Crippen molar-refractivity contribution in [2.24, 2.45) is 0 Å². The number of rotatable bonds is 7. The van der Waals surface area contributed by atoms with E-state index in [1.807, 2.05) is 61.3 Å². The molecule has 0 aromatic heterocycles. The molecule has 26 heavy (non-hydrogen) atoms. The van der Waals surface area contributed by atoms with Crippen molar-refractivity contribution in [3.8, 4) is 17.2 Å². The fourth-order valence-corrected chi connectivity index (χ4v) is 2.74. The van der Waals surface area contributed by atoms with Crippen LogP contribution in [0.15, 0.2) is 42.5 Å². The SMILES string of the molecule is COc1ccc(CNC(=O)[C@H](C)N(C)Cc2ccc3c(c2)OCO3)cc1. The molecule has 1 heterocycles. The highest BCUT2D eigenvalue weighted by Crippen LogP contribution is 2.32. The highest BCUT2D eigenvalue weighted by Gasteiger charge is 2.19. The number of benzene rings is 2. The summed E-state index contributed by atoms with van der Waals surface area (Å²) in [4.78, 5) is 14.4. The number of carbonyl (C=O) groups excluding carboxylic acids is 1. The van der Waals surface area contributed by atoms with Gasteiger partial charge in [0.05, 0.1) is 13.2 Å². The maximum absolute atomic E-state index is 12.4. The molecule has 0 fully saturated rings. The maximum atomic E-state index is 12.4. The monoisotopic (exact) mass is 356 g/mol. The number of amides is 1. The Morgan fingerprint density at radius 1 is 1.15 bits per heavy atom. The van der Waals surface area contributed by atoms with E-state index in [1.165, 1.54) is 0 Å². The average Bonchev–Trinajstić information content (AvgIpc) is 3.13. The highest BCUT2D eigenvalue weighted by atomic mass is 16.7. The zero-order valence-electron chi connectivity index (χ0n) is 15.3. The Balaban J connectivity index is 1.52. The van der Waals surface area contributed by atoms with Gasteiger partial charge < -0.3 is 19.5 Å². The number of nitrogens with zero attached hydrogens (tertiary/aromatic N) is 1. The van der Waals surface area contributed by atoms with Crippen LogP contribution < -0.4 is 19.5 Å². The zero-order valence-corrected chi connectivity index (χ0v) is 15.3. The number of hydrogen-bond donors (Lipinski definition) is 1. The van der Waals surface area contributed by atoms with Crippen molar-refractivity contribution in [1.29, 1.82) is 0 Å². The van der Waals surface area contributed by atoms with Gasteiger partial charge >= 0.3 is 0 Å². The van der Waals surface area contributed by atoms with Crippen LogP contribution in [0.3, 0.4) is 0 Å². The van der Waals surface area contributed by atoms with E-state index < -0.39 is 0 Å². The van der Waals surface area contributed by atoms with E-state index in [9.17, 15) is 4.79 Å². The molecule has 0 aliphatic carbocycles. The molecule has 3 rings (SSSR count). The molecule has 0 saturated carbocycles. The number of fused-ring (bicyclic) bond motifs is 1. The minimum absolute atomic E-state index is 0.0101. The molecule has 0 bridgehead atoms. The number of methoxy groups -OCH3 is 1. The van der Waals surface area contributed by atoms with Gasteiger partial charge in [-0.3, -0.25) is 9.69 Å². The number of carbonyl (C=O) groups is 1. The number of nitrogens with one attached hydrogen (secondary N) is 1. The smallest absolute Gasteiger partial charge is 0.237 e. The van der Waals surface area contributed by atoms with Crippen LogP contribution in [0.1, 0.15) is 18.1 Å². The molecule has 1 aliphatic heterocycles. The molecule has 2 aromatic rings. The van der Waals surface area contributed by atoms with Crippen LogP contribution in [-0.4, -0.2) is 37.8 Å². The van der Waals surface area contributed by atoms with Gasteiger partial charge in [-0.25, -0.2) is 0 Å². The van der Waals surface area contributed by atoms with Gasteiger partial charge in [0.2, 0.25) is 12.7 Å². The van der Waals surface area contributed by atoms with Crippen molar-refractivity contribution in [3.05, 3.63) is 53.6 Å². The fourth-order valence-electron chi connectivity index (χ4n) is 2.74. The van der Waals surface area contributed by atoms with Crippen LogP contribution in [0.5, 0.6) is 17.2 Å². The molecule has 6 heteroatoms. The number of likely N-dealkylation sites (N-methyl/N-ethyl adjacent to an activating group) is 1. The molecule has 1 amide bonds. The Morgan fingerprint density at radius 3 is 2.58 bits per heavy atom. The van der Waals surface area contributed by atoms with Crippen LogP contribution in [0.2, 0.25) is 0 Å². The van der Waals surface area contributed by atoms with Gasteiger partial charge in [-0.1, -0.05) is 18.2 Å². The Kier molecular flexibility index (Phi) is 5.63. The Morgan fingerprint density at radius 2 is 1.85 bits per heavy atom. The van der Waals surface area contributed by atoms with Gasteiger partial charge in [0, 0.05) is 13.1 Å². The van der Waals surface area contributed by atoms with Crippen LogP contribution >= 0.6 is 0 Å². The molecule has 1 N–H and O–H groups in total. The largest absolute Gasteiger partial charge is 0.497 e. The summed E-state index contributed by atoms with van der Waals surface area (Å²) >= 11 is 0. The summed E-state index contributed by atoms with van der Waals surface area (Å²) in [6.45, 7) is 3.30. The van der Waals surface area contributed by atoms with Gasteiger partial charge in [0.25, 0.3) is 0 Å². The summed E-state index contributed by atoms with van der Waals surface area (Å²) in [5.41, 5.74) is 2.11. The first-order chi connectivity index (χ1) is 12.6. The lowest BCUT2D eigenvalue weighted by atomic mass is 10.1. The lowest BCUT2D eigenvalue weighted by molar-refractivity contribution is -0.125. The molecule has 2 aromatic carbocycles. The molecular formula is C20H24N2O4. The third-order valence-electron chi connectivity index (χ3n) is 4.54. The van der Waals surface area contributed by atoms with Crippen molar-refractivity contribution in [2.45, 2.75) is 26.1 Å². The summed E-state index contributed by atoms with van der Waals surface area (Å²) in [6.07, 6.45) is 0. The van der Waals surface area contributed by atoms with E-state index in [0.717, 1.165) is 28.4 Å². The van der Waals surface area contributed by atoms with E-state index in [1.54, 1.807) is 7.11 Å². The standard InChI is InChI=1S/C20H24N2O4/c1-14(20(23)21-11-15-4-7-17(24-3)8-5-15)22(2)12-16-6-9-18-19(10-16)26-13-25-18/h4-10,14H,11-13H2,1-3H3,(H,21,23)/t14-/m0/s1. The second-order valence-corrected chi connectivity index (χ2v) is 6.34. The van der Waals surface area contributed by atoms with E-state index in [4.69, 9.17) is 14.2 Å². The molecule has 1 aliphatic rings. The summed E-state index contributed by atoms with van der Waals surface area (Å²) in [7, 11) is 3.57. The normalized spacial score (nSPS) is 13.5. The van der Waals surface area contributed by atoms with Crippen LogP contribution in [0.25, 0.3) is 0 Å². The number of ether oxygens (including phenoxy) is 3. The van der Waals surface area contributed by atoms with Crippen molar-refractivity contribution >= 4 is 5.91 Å². The van der Waals surface area contributed by atoms with Crippen molar-refractivity contribution < 1.29 is 19.0 Å². The average molecular weight is 356 g/mol. The number of hydrogen-bond acceptors (Lipinski definition) is 5. The Hall–Kier alpha value is -2.73. The first kappa shape index (κ1) is 18.1. The van der Waals surface area contributed by atoms with Crippen LogP contribution in [-0.2, 0) is 17.9 Å². The topological polar surface area (TPSA) is 60.0 Å². The molecule has 0 saturated heterocycles. The van der Waals surface area contributed by atoms with Crippen molar-refractivity contribution in [2.75, 3.05) is 21.0 Å². The summed E-state index contributed by atoms with van der Waals surface area (Å²) < 4.78 is 15.9. The van der Waals surface area contributed by atoms with Crippen molar-refractivity contribution in [3.63, 3.8) is 0 Å². The van der Waals surface area contributed by atoms with Gasteiger partial charge in [-0.15, -0.1) is 0 Å². The predicted octanol–water partition coefficient (Wildman–Crippen LogP) is 2.56. The van der Waals surface area contributed by atoms with Gasteiger partial charge in [0.15, 0.2) is 11.5 Å². The molecule has 1 atom stereocenters. The Bertz CT molecular complexity index is 761. The summed E-state index contributed by atoms with van der Waals surface area (Å²) in [6, 6.07) is 13.3. The van der Waals surface area contributed by atoms with E-state index in [0.29, 0.717) is 13.1 Å². The quantitative estimate of drug-likeness (QED) is 0.826. The Labute approximate surface area is 153 Å². The maximum Gasteiger partial charge on any atom is 0.237 e. The zero-order chi connectivity index (χ0) is 18.5. The molecule has 138 valence electrons. The molecule has 0 radical (unpaired) electrons. The second kappa shape index (κ2) is 8.10. The summed E-state index contributed by atoms with van der Waals surface area (Å²) in [5.74, 6) is 2.31. The van der Waals surface area contributed by atoms with E-state index in [-0.39, 0.29) is 18.7 Å². The molecule has 0 unspecified atom stereocenters. The highest BCUT2D eigenvalue weighted by molar-refractivity contribution is 5.81.